The molecule has 1 heterocycles. The second-order valence-electron chi connectivity index (χ2n) is 5.48. The van der Waals surface area contributed by atoms with E-state index in [1.165, 1.54) is 30.6 Å². The molecule has 3 nitrogen and oxygen atoms in total. The number of nitrogens with one attached hydrogen (secondary N) is 1. The van der Waals surface area contributed by atoms with Crippen molar-refractivity contribution in [2.75, 3.05) is 0 Å². The fraction of sp³-hybridized carbons (Fsp3) is 0.438. The van der Waals surface area contributed by atoms with E-state index in [4.69, 9.17) is 0 Å². The van der Waals surface area contributed by atoms with Crippen LogP contribution < -0.4 is 5.32 Å². The highest BCUT2D eigenvalue weighted by atomic mass is 32.1. The first-order chi connectivity index (χ1) is 9.70. The van der Waals surface area contributed by atoms with Crippen LogP contribution in [0.3, 0.4) is 0 Å². The highest BCUT2D eigenvalue weighted by molar-refractivity contribution is 7.21. The van der Waals surface area contributed by atoms with Crippen molar-refractivity contribution in [2.24, 2.45) is 5.92 Å². The molecular weight excluding hydrogens is 270 g/mol. The van der Waals surface area contributed by atoms with Crippen molar-refractivity contribution in [1.29, 1.82) is 0 Å². The second kappa shape index (κ2) is 5.54. The Morgan fingerprint density at radius 3 is 3.00 bits per heavy atom. The monoisotopic (exact) mass is 289 g/mol. The van der Waals surface area contributed by atoms with E-state index in [0.29, 0.717) is 17.5 Å². The Balaban J connectivity index is 1.79. The molecule has 106 valence electrons. The number of aromatic carboxylic acids is 1. The Morgan fingerprint density at radius 2 is 2.25 bits per heavy atom. The van der Waals surface area contributed by atoms with E-state index in [1.54, 1.807) is 0 Å². The van der Waals surface area contributed by atoms with Gasteiger partial charge in [0.15, 0.2) is 0 Å². The van der Waals surface area contributed by atoms with Gasteiger partial charge in [-0.3, -0.25) is 0 Å². The minimum Gasteiger partial charge on any atom is -0.477 e. The van der Waals surface area contributed by atoms with Gasteiger partial charge in [0.1, 0.15) is 4.88 Å². The van der Waals surface area contributed by atoms with Crippen LogP contribution in [-0.2, 0) is 6.54 Å². The summed E-state index contributed by atoms with van der Waals surface area (Å²) in [5, 5.41) is 14.0. The van der Waals surface area contributed by atoms with Gasteiger partial charge >= 0.3 is 5.97 Å². The number of hydrogen-bond donors (Lipinski definition) is 2. The fourth-order valence-corrected chi connectivity index (χ4v) is 3.93. The van der Waals surface area contributed by atoms with Crippen LogP contribution in [0.2, 0.25) is 0 Å². The molecule has 2 atom stereocenters. The van der Waals surface area contributed by atoms with E-state index in [2.05, 4.69) is 12.2 Å². The zero-order valence-corrected chi connectivity index (χ0v) is 12.4. The minimum absolute atomic E-state index is 0.478. The van der Waals surface area contributed by atoms with Crippen LogP contribution in [0.25, 0.3) is 10.1 Å². The highest BCUT2D eigenvalue weighted by Gasteiger charge is 2.35. The van der Waals surface area contributed by atoms with Crippen molar-refractivity contribution in [2.45, 2.75) is 38.8 Å². The van der Waals surface area contributed by atoms with E-state index in [0.717, 1.165) is 21.6 Å². The molecule has 3 rings (SSSR count). The smallest absolute Gasteiger partial charge is 0.346 e. The van der Waals surface area contributed by atoms with Crippen LogP contribution in [-0.4, -0.2) is 17.1 Å². The number of hydrogen-bond acceptors (Lipinski definition) is 3. The van der Waals surface area contributed by atoms with Gasteiger partial charge in [0.25, 0.3) is 0 Å². The Kier molecular flexibility index (Phi) is 3.76. The predicted molar refractivity (Wildman–Crippen MR) is 82.4 cm³/mol. The quantitative estimate of drug-likeness (QED) is 0.848. The molecule has 1 fully saturated rings. The molecule has 2 unspecified atom stereocenters. The van der Waals surface area contributed by atoms with Gasteiger partial charge < -0.3 is 10.4 Å². The summed E-state index contributed by atoms with van der Waals surface area (Å²) in [7, 11) is 0. The molecule has 0 radical (unpaired) electrons. The van der Waals surface area contributed by atoms with E-state index < -0.39 is 5.97 Å². The van der Waals surface area contributed by atoms with E-state index in [9.17, 15) is 9.90 Å². The van der Waals surface area contributed by atoms with Crippen LogP contribution in [0.1, 0.15) is 41.4 Å². The number of thiophene rings is 1. The van der Waals surface area contributed by atoms with Gasteiger partial charge in [-0.15, -0.1) is 11.3 Å². The van der Waals surface area contributed by atoms with E-state index in [1.807, 2.05) is 24.3 Å². The van der Waals surface area contributed by atoms with Crippen molar-refractivity contribution in [3.8, 4) is 0 Å². The number of benzene rings is 1. The molecular formula is C16H19NO2S. The summed E-state index contributed by atoms with van der Waals surface area (Å²) in [5.41, 5.74) is 0.945. The minimum atomic E-state index is -0.816. The molecule has 4 heteroatoms. The Morgan fingerprint density at radius 1 is 1.45 bits per heavy atom. The summed E-state index contributed by atoms with van der Waals surface area (Å²) in [5.74, 6) is -0.0258. The topological polar surface area (TPSA) is 49.3 Å². The molecule has 0 spiro atoms. The summed E-state index contributed by atoms with van der Waals surface area (Å²) in [6.45, 7) is 2.88. The number of fused-ring (bicyclic) bond motifs is 1. The normalized spacial score (nSPS) is 21.2. The highest BCUT2D eigenvalue weighted by Crippen LogP contribution is 2.36. The largest absolute Gasteiger partial charge is 0.477 e. The third-order valence-corrected chi connectivity index (χ3v) is 5.22. The third kappa shape index (κ3) is 2.58. The van der Waals surface area contributed by atoms with E-state index >= 15 is 0 Å². The third-order valence-electron chi connectivity index (χ3n) is 4.02. The first-order valence-electron chi connectivity index (χ1n) is 7.17. The van der Waals surface area contributed by atoms with Crippen molar-refractivity contribution in [3.63, 3.8) is 0 Å². The van der Waals surface area contributed by atoms with Crippen molar-refractivity contribution < 1.29 is 9.90 Å². The molecule has 0 aliphatic heterocycles. The Labute approximate surface area is 122 Å². The average molecular weight is 289 g/mol. The number of carboxylic acid groups (broad SMARTS) is 1. The summed E-state index contributed by atoms with van der Waals surface area (Å²) >= 11 is 1.38. The van der Waals surface area contributed by atoms with E-state index in [-0.39, 0.29) is 0 Å². The van der Waals surface area contributed by atoms with Gasteiger partial charge in [-0.1, -0.05) is 31.5 Å². The molecule has 0 amide bonds. The van der Waals surface area contributed by atoms with Gasteiger partial charge in [-0.05, 0) is 35.8 Å². The second-order valence-corrected chi connectivity index (χ2v) is 6.54. The van der Waals surface area contributed by atoms with Gasteiger partial charge in [0.2, 0.25) is 0 Å². The average Bonchev–Trinajstić information content (AvgIpc) is 3.06. The standard InChI is InChI=1S/C16H19NO2S/c1-2-5-10-8-13(10)17-9-12-11-6-3-4-7-14(11)20-15(12)16(18)19/h3-4,6-7,10,13,17H,2,5,8-9H2,1H3,(H,18,19). The van der Waals surface area contributed by atoms with Crippen LogP contribution in [0.15, 0.2) is 24.3 Å². The zero-order valence-electron chi connectivity index (χ0n) is 11.6. The lowest BCUT2D eigenvalue weighted by molar-refractivity contribution is 0.0701. The van der Waals surface area contributed by atoms with Crippen molar-refractivity contribution in [1.82, 2.24) is 5.32 Å². The summed E-state index contributed by atoms with van der Waals surface area (Å²) < 4.78 is 1.06. The Hall–Kier alpha value is -1.39. The fourth-order valence-electron chi connectivity index (χ4n) is 2.87. The molecule has 1 aliphatic rings. The lowest BCUT2D eigenvalue weighted by atomic mass is 10.1. The summed E-state index contributed by atoms with van der Waals surface area (Å²) in [6.07, 6.45) is 3.73. The first kappa shape index (κ1) is 13.6. The number of rotatable bonds is 6. The molecule has 1 aromatic carbocycles. The molecule has 2 aromatic rings. The molecule has 20 heavy (non-hydrogen) atoms. The lowest BCUT2D eigenvalue weighted by Gasteiger charge is -2.05. The molecule has 0 bridgehead atoms. The number of carbonyl (C=O) groups is 1. The molecule has 0 saturated heterocycles. The first-order valence-corrected chi connectivity index (χ1v) is 7.99. The molecule has 2 N–H and O–H groups in total. The zero-order chi connectivity index (χ0) is 14.1. The SMILES string of the molecule is CCCC1CC1NCc1c(C(=O)O)sc2ccccc12. The maximum atomic E-state index is 11.4. The van der Waals surface area contributed by atoms with Gasteiger partial charge in [-0.2, -0.15) is 0 Å². The number of carboxylic acids is 1. The lowest BCUT2D eigenvalue weighted by Crippen LogP contribution is -2.18. The van der Waals surface area contributed by atoms with Gasteiger partial charge in [-0.25, -0.2) is 4.79 Å². The van der Waals surface area contributed by atoms with Crippen LogP contribution >= 0.6 is 11.3 Å². The van der Waals surface area contributed by atoms with Crippen LogP contribution in [0, 0.1) is 5.92 Å². The molecule has 1 aliphatic carbocycles. The van der Waals surface area contributed by atoms with Crippen LogP contribution in [0.4, 0.5) is 0 Å². The van der Waals surface area contributed by atoms with Gasteiger partial charge in [0.05, 0.1) is 0 Å². The van der Waals surface area contributed by atoms with Crippen molar-refractivity contribution in [3.05, 3.63) is 34.7 Å². The molecule has 1 aromatic heterocycles. The molecule has 1 saturated carbocycles. The van der Waals surface area contributed by atoms with Crippen molar-refractivity contribution >= 4 is 27.4 Å². The Bertz CT molecular complexity index is 634. The summed E-state index contributed by atoms with van der Waals surface area (Å²) in [6, 6.07) is 8.52. The maximum Gasteiger partial charge on any atom is 0.346 e. The summed E-state index contributed by atoms with van der Waals surface area (Å²) in [4.78, 5) is 11.9. The van der Waals surface area contributed by atoms with Gasteiger partial charge in [0, 0.05) is 17.3 Å². The van der Waals surface area contributed by atoms with Crippen LogP contribution in [0.5, 0.6) is 0 Å². The maximum absolute atomic E-state index is 11.4. The predicted octanol–water partition coefficient (Wildman–Crippen LogP) is 3.88.